The Hall–Kier alpha value is -2.43. The summed E-state index contributed by atoms with van der Waals surface area (Å²) >= 11 is 0. The lowest BCUT2D eigenvalue weighted by atomic mass is 10.00. The number of pyridine rings is 1. The predicted molar refractivity (Wildman–Crippen MR) is 94.1 cm³/mol. The van der Waals surface area contributed by atoms with Crippen LogP contribution in [-0.2, 0) is 4.79 Å². The van der Waals surface area contributed by atoms with Crippen LogP contribution in [-0.4, -0.2) is 29.4 Å². The highest BCUT2D eigenvalue weighted by Crippen LogP contribution is 2.24. The van der Waals surface area contributed by atoms with Gasteiger partial charge in [-0.2, -0.15) is 0 Å². The molecule has 5 heteroatoms. The maximum absolute atomic E-state index is 12.8. The van der Waals surface area contributed by atoms with Gasteiger partial charge in [0.25, 0.3) is 5.91 Å². The minimum Gasteiger partial charge on any atom is -0.354 e. The van der Waals surface area contributed by atoms with Crippen LogP contribution >= 0.6 is 0 Å². The number of benzene rings is 1. The first-order chi connectivity index (χ1) is 11.5. The monoisotopic (exact) mass is 325 g/mol. The summed E-state index contributed by atoms with van der Waals surface area (Å²) in [6.45, 7) is 6.62. The molecule has 1 saturated heterocycles. The minimum atomic E-state index is -0.463. The molecule has 2 heterocycles. The SMILES string of the molecule is Cc1cc(C(=O)NC2CCCCNC2=O)c2ccc(C)c(C)c2n1. The summed E-state index contributed by atoms with van der Waals surface area (Å²) in [5, 5.41) is 6.58. The van der Waals surface area contributed by atoms with Crippen molar-refractivity contribution in [2.75, 3.05) is 6.54 Å². The second-order valence-electron chi connectivity index (χ2n) is 6.53. The minimum absolute atomic E-state index is 0.0945. The summed E-state index contributed by atoms with van der Waals surface area (Å²) in [5.41, 5.74) is 4.46. The highest BCUT2D eigenvalue weighted by atomic mass is 16.2. The summed E-state index contributed by atoms with van der Waals surface area (Å²) in [7, 11) is 0. The number of rotatable bonds is 2. The van der Waals surface area contributed by atoms with Gasteiger partial charge in [-0.3, -0.25) is 14.6 Å². The first-order valence-electron chi connectivity index (χ1n) is 8.43. The molecule has 1 aromatic heterocycles. The lowest BCUT2D eigenvalue weighted by Crippen LogP contribution is -2.45. The van der Waals surface area contributed by atoms with Crippen LogP contribution in [0.25, 0.3) is 10.9 Å². The van der Waals surface area contributed by atoms with E-state index in [2.05, 4.69) is 15.6 Å². The number of carbonyl (C=O) groups excluding carboxylic acids is 2. The third-order valence-corrected chi connectivity index (χ3v) is 4.72. The van der Waals surface area contributed by atoms with Gasteiger partial charge >= 0.3 is 0 Å². The van der Waals surface area contributed by atoms with Crippen molar-refractivity contribution < 1.29 is 9.59 Å². The van der Waals surface area contributed by atoms with E-state index in [0.29, 0.717) is 18.5 Å². The molecule has 3 rings (SSSR count). The van der Waals surface area contributed by atoms with Crippen LogP contribution < -0.4 is 10.6 Å². The highest BCUT2D eigenvalue weighted by molar-refractivity contribution is 6.08. The molecule has 2 amide bonds. The zero-order valence-corrected chi connectivity index (χ0v) is 14.4. The fraction of sp³-hybridized carbons (Fsp3) is 0.421. The zero-order valence-electron chi connectivity index (χ0n) is 14.4. The highest BCUT2D eigenvalue weighted by Gasteiger charge is 2.24. The molecule has 1 aliphatic heterocycles. The number of nitrogens with one attached hydrogen (secondary N) is 2. The first-order valence-corrected chi connectivity index (χ1v) is 8.43. The quantitative estimate of drug-likeness (QED) is 0.891. The third-order valence-electron chi connectivity index (χ3n) is 4.72. The first kappa shape index (κ1) is 16.4. The third kappa shape index (κ3) is 3.11. The van der Waals surface area contributed by atoms with Crippen molar-refractivity contribution in [3.05, 3.63) is 40.6 Å². The van der Waals surface area contributed by atoms with E-state index in [0.717, 1.165) is 40.6 Å². The Labute approximate surface area is 141 Å². The Bertz CT molecular complexity index is 814. The lowest BCUT2D eigenvalue weighted by molar-refractivity contribution is -0.122. The Balaban J connectivity index is 1.97. The maximum atomic E-state index is 12.8. The molecule has 1 aliphatic rings. The van der Waals surface area contributed by atoms with Gasteiger partial charge < -0.3 is 10.6 Å². The lowest BCUT2D eigenvalue weighted by Gasteiger charge is -2.17. The number of carbonyl (C=O) groups is 2. The molecular weight excluding hydrogens is 302 g/mol. The molecule has 0 aliphatic carbocycles. The van der Waals surface area contributed by atoms with E-state index < -0.39 is 6.04 Å². The Morgan fingerprint density at radius 2 is 2.04 bits per heavy atom. The molecule has 24 heavy (non-hydrogen) atoms. The average Bonchev–Trinajstić information content (AvgIpc) is 2.75. The van der Waals surface area contributed by atoms with Crippen molar-refractivity contribution in [1.82, 2.24) is 15.6 Å². The van der Waals surface area contributed by atoms with Crippen molar-refractivity contribution in [3.63, 3.8) is 0 Å². The number of hydrogen-bond acceptors (Lipinski definition) is 3. The van der Waals surface area contributed by atoms with Crippen molar-refractivity contribution in [3.8, 4) is 0 Å². The van der Waals surface area contributed by atoms with E-state index in [1.165, 1.54) is 0 Å². The van der Waals surface area contributed by atoms with Gasteiger partial charge in [0.2, 0.25) is 5.91 Å². The van der Waals surface area contributed by atoms with Crippen molar-refractivity contribution in [2.45, 2.75) is 46.1 Å². The van der Waals surface area contributed by atoms with E-state index in [-0.39, 0.29) is 11.8 Å². The van der Waals surface area contributed by atoms with E-state index >= 15 is 0 Å². The molecule has 0 radical (unpaired) electrons. The zero-order chi connectivity index (χ0) is 17.3. The summed E-state index contributed by atoms with van der Waals surface area (Å²) in [6.07, 6.45) is 2.56. The molecule has 0 saturated carbocycles. The van der Waals surface area contributed by atoms with Crippen molar-refractivity contribution in [1.29, 1.82) is 0 Å². The molecule has 2 aromatic rings. The molecule has 2 N–H and O–H groups in total. The molecule has 1 fully saturated rings. The predicted octanol–water partition coefficient (Wildman–Crippen LogP) is 2.56. The fourth-order valence-corrected chi connectivity index (χ4v) is 3.16. The molecule has 0 bridgehead atoms. The van der Waals surface area contributed by atoms with Crippen LogP contribution in [0.4, 0.5) is 0 Å². The van der Waals surface area contributed by atoms with Gasteiger partial charge in [0.1, 0.15) is 6.04 Å². The summed E-state index contributed by atoms with van der Waals surface area (Å²) in [6, 6.07) is 5.27. The van der Waals surface area contributed by atoms with E-state index in [1.54, 1.807) is 6.07 Å². The summed E-state index contributed by atoms with van der Waals surface area (Å²) in [4.78, 5) is 29.5. The number of aromatic nitrogens is 1. The number of fused-ring (bicyclic) bond motifs is 1. The summed E-state index contributed by atoms with van der Waals surface area (Å²) in [5.74, 6) is -0.307. The summed E-state index contributed by atoms with van der Waals surface area (Å²) < 4.78 is 0. The molecule has 1 unspecified atom stereocenters. The molecule has 5 nitrogen and oxygen atoms in total. The van der Waals surface area contributed by atoms with Crippen LogP contribution in [0.15, 0.2) is 18.2 Å². The Kier molecular flexibility index (Phi) is 4.51. The van der Waals surface area contributed by atoms with Crippen LogP contribution in [0.1, 0.15) is 46.4 Å². The van der Waals surface area contributed by atoms with Crippen LogP contribution in [0.5, 0.6) is 0 Å². The topological polar surface area (TPSA) is 71.1 Å². The molecule has 126 valence electrons. The maximum Gasteiger partial charge on any atom is 0.252 e. The van der Waals surface area contributed by atoms with Gasteiger partial charge in [0, 0.05) is 17.6 Å². The second kappa shape index (κ2) is 6.59. The van der Waals surface area contributed by atoms with Crippen LogP contribution in [0.3, 0.4) is 0 Å². The fourth-order valence-electron chi connectivity index (χ4n) is 3.16. The van der Waals surface area contributed by atoms with Crippen molar-refractivity contribution >= 4 is 22.7 Å². The molecule has 0 spiro atoms. The van der Waals surface area contributed by atoms with Crippen LogP contribution in [0.2, 0.25) is 0 Å². The van der Waals surface area contributed by atoms with Gasteiger partial charge in [-0.1, -0.05) is 12.1 Å². The molecular formula is C19H23N3O2. The van der Waals surface area contributed by atoms with E-state index in [1.807, 2.05) is 32.9 Å². The Morgan fingerprint density at radius 3 is 2.83 bits per heavy atom. The number of aryl methyl sites for hydroxylation is 3. The van der Waals surface area contributed by atoms with E-state index in [9.17, 15) is 9.59 Å². The van der Waals surface area contributed by atoms with Gasteiger partial charge in [0.05, 0.1) is 11.1 Å². The van der Waals surface area contributed by atoms with Gasteiger partial charge in [-0.25, -0.2) is 0 Å². The molecule has 1 aromatic carbocycles. The number of nitrogens with zero attached hydrogens (tertiary/aromatic N) is 1. The van der Waals surface area contributed by atoms with Gasteiger partial charge in [-0.05, 0) is 57.2 Å². The number of hydrogen-bond donors (Lipinski definition) is 2. The Morgan fingerprint density at radius 1 is 1.25 bits per heavy atom. The normalized spacial score (nSPS) is 18.1. The van der Waals surface area contributed by atoms with Crippen LogP contribution in [0, 0.1) is 20.8 Å². The van der Waals surface area contributed by atoms with E-state index in [4.69, 9.17) is 0 Å². The number of amides is 2. The largest absolute Gasteiger partial charge is 0.354 e. The van der Waals surface area contributed by atoms with Gasteiger partial charge in [0.15, 0.2) is 0 Å². The van der Waals surface area contributed by atoms with Crippen molar-refractivity contribution in [2.24, 2.45) is 0 Å². The standard InChI is InChI=1S/C19H23N3O2/c1-11-7-8-14-15(10-12(2)21-17(14)13(11)3)18(23)22-16-6-4-5-9-20-19(16)24/h7-8,10,16H,4-6,9H2,1-3H3,(H,20,24)(H,22,23). The average molecular weight is 325 g/mol. The second-order valence-corrected chi connectivity index (χ2v) is 6.53. The molecule has 1 atom stereocenters. The smallest absolute Gasteiger partial charge is 0.252 e. The van der Waals surface area contributed by atoms with Gasteiger partial charge in [-0.15, -0.1) is 0 Å².